The quantitative estimate of drug-likeness (QED) is 0.762. The molecular formula is C15H20BrNO4. The van der Waals surface area contributed by atoms with Gasteiger partial charge in [-0.2, -0.15) is 0 Å². The van der Waals surface area contributed by atoms with Crippen molar-refractivity contribution in [2.75, 3.05) is 27.9 Å². The van der Waals surface area contributed by atoms with E-state index in [-0.39, 0.29) is 5.91 Å². The van der Waals surface area contributed by atoms with Crippen LogP contribution in [0.4, 0.5) is 0 Å². The van der Waals surface area contributed by atoms with E-state index in [2.05, 4.69) is 21.2 Å². The molecule has 0 aliphatic heterocycles. The summed E-state index contributed by atoms with van der Waals surface area (Å²) in [4.78, 5) is 12.7. The fourth-order valence-corrected chi connectivity index (χ4v) is 2.88. The van der Waals surface area contributed by atoms with Gasteiger partial charge in [-0.3, -0.25) is 4.79 Å². The third-order valence-corrected chi connectivity index (χ3v) is 4.61. The lowest BCUT2D eigenvalue weighted by Gasteiger charge is -2.16. The van der Waals surface area contributed by atoms with E-state index in [1.807, 2.05) is 0 Å². The molecule has 1 amide bonds. The van der Waals surface area contributed by atoms with Crippen molar-refractivity contribution in [1.82, 2.24) is 5.32 Å². The molecule has 0 spiro atoms. The Labute approximate surface area is 133 Å². The second kappa shape index (κ2) is 7.02. The molecular weight excluding hydrogens is 338 g/mol. The lowest BCUT2D eigenvalue weighted by Crippen LogP contribution is -2.30. The lowest BCUT2D eigenvalue weighted by molar-refractivity contribution is 0.0949. The Hall–Kier alpha value is -1.43. The molecule has 116 valence electrons. The van der Waals surface area contributed by atoms with Crippen molar-refractivity contribution in [2.45, 2.75) is 17.7 Å². The Morgan fingerprint density at radius 1 is 1.24 bits per heavy atom. The number of alkyl halides is 1. The Kier molecular flexibility index (Phi) is 5.33. The Bertz CT molecular complexity index is 517. The highest BCUT2D eigenvalue weighted by molar-refractivity contribution is 9.09. The van der Waals surface area contributed by atoms with E-state index in [4.69, 9.17) is 14.2 Å². The minimum atomic E-state index is -0.182. The largest absolute Gasteiger partial charge is 0.493 e. The second-order valence-corrected chi connectivity index (χ2v) is 6.12. The molecule has 1 fully saturated rings. The monoisotopic (exact) mass is 357 g/mol. The van der Waals surface area contributed by atoms with Crippen LogP contribution in [0.1, 0.15) is 23.2 Å². The summed E-state index contributed by atoms with van der Waals surface area (Å²) >= 11 is 3.60. The zero-order valence-corrected chi connectivity index (χ0v) is 14.0. The number of rotatable bonds is 7. The van der Waals surface area contributed by atoms with Gasteiger partial charge in [0.05, 0.1) is 26.9 Å². The van der Waals surface area contributed by atoms with Gasteiger partial charge in [-0.25, -0.2) is 0 Å². The van der Waals surface area contributed by atoms with Crippen LogP contribution in [0.3, 0.4) is 0 Å². The number of halogens is 1. The zero-order chi connectivity index (χ0) is 15.4. The zero-order valence-electron chi connectivity index (χ0n) is 12.4. The van der Waals surface area contributed by atoms with Crippen LogP contribution in [-0.4, -0.2) is 38.6 Å². The fourth-order valence-electron chi connectivity index (χ4n) is 2.19. The third kappa shape index (κ3) is 3.61. The van der Waals surface area contributed by atoms with E-state index in [1.54, 1.807) is 19.2 Å². The molecule has 21 heavy (non-hydrogen) atoms. The van der Waals surface area contributed by atoms with E-state index in [9.17, 15) is 4.79 Å². The molecule has 0 aromatic heterocycles. The van der Waals surface area contributed by atoms with E-state index in [1.165, 1.54) is 27.1 Å². The first kappa shape index (κ1) is 15.9. The van der Waals surface area contributed by atoms with Crippen LogP contribution in [0.2, 0.25) is 0 Å². The Morgan fingerprint density at radius 2 is 1.90 bits per heavy atom. The van der Waals surface area contributed by atoms with Crippen molar-refractivity contribution < 1.29 is 19.0 Å². The van der Waals surface area contributed by atoms with Crippen molar-refractivity contribution in [3.05, 3.63) is 17.7 Å². The fraction of sp³-hybridized carbons (Fsp3) is 0.533. The molecule has 1 aliphatic carbocycles. The molecule has 1 unspecified atom stereocenters. The molecule has 1 saturated carbocycles. The molecule has 1 aliphatic rings. The predicted molar refractivity (Wildman–Crippen MR) is 83.9 cm³/mol. The van der Waals surface area contributed by atoms with Crippen LogP contribution in [0.25, 0.3) is 0 Å². The van der Waals surface area contributed by atoms with Gasteiger partial charge in [0.1, 0.15) is 0 Å². The summed E-state index contributed by atoms with van der Waals surface area (Å²) in [6.07, 6.45) is 2.46. The van der Waals surface area contributed by atoms with Crippen LogP contribution in [0.5, 0.6) is 17.2 Å². The molecule has 0 radical (unpaired) electrons. The molecule has 0 heterocycles. The highest BCUT2D eigenvalue weighted by Crippen LogP contribution is 2.40. The molecule has 2 rings (SSSR count). The maximum atomic E-state index is 12.3. The van der Waals surface area contributed by atoms with E-state index < -0.39 is 0 Å². The number of benzene rings is 1. The van der Waals surface area contributed by atoms with Crippen LogP contribution < -0.4 is 19.5 Å². The average Bonchev–Trinajstić information content (AvgIpc) is 3.35. The van der Waals surface area contributed by atoms with Gasteiger partial charge >= 0.3 is 0 Å². The Balaban J connectivity index is 2.15. The summed E-state index contributed by atoms with van der Waals surface area (Å²) < 4.78 is 15.8. The first-order valence-electron chi connectivity index (χ1n) is 6.83. The van der Waals surface area contributed by atoms with Gasteiger partial charge in [-0.05, 0) is 30.9 Å². The molecule has 0 bridgehead atoms. The van der Waals surface area contributed by atoms with Crippen LogP contribution in [-0.2, 0) is 0 Å². The van der Waals surface area contributed by atoms with Crippen LogP contribution >= 0.6 is 15.9 Å². The smallest absolute Gasteiger partial charge is 0.255 e. The van der Waals surface area contributed by atoms with Gasteiger partial charge in [0.15, 0.2) is 11.5 Å². The SMILES string of the molecule is COc1ccc(C(=O)NCC(Br)C2CC2)c(OC)c1OC. The third-order valence-electron chi connectivity index (χ3n) is 3.54. The second-order valence-electron chi connectivity index (χ2n) is 4.95. The van der Waals surface area contributed by atoms with Crippen molar-refractivity contribution >= 4 is 21.8 Å². The number of methoxy groups -OCH3 is 3. The van der Waals surface area contributed by atoms with Crippen LogP contribution in [0.15, 0.2) is 12.1 Å². The summed E-state index contributed by atoms with van der Waals surface area (Å²) in [7, 11) is 4.57. The summed E-state index contributed by atoms with van der Waals surface area (Å²) in [5.41, 5.74) is 0.436. The first-order chi connectivity index (χ1) is 10.1. The summed E-state index contributed by atoms with van der Waals surface area (Å²) in [5.74, 6) is 1.83. The minimum Gasteiger partial charge on any atom is -0.493 e. The van der Waals surface area contributed by atoms with Crippen molar-refractivity contribution in [2.24, 2.45) is 5.92 Å². The molecule has 6 heteroatoms. The highest BCUT2D eigenvalue weighted by Gasteiger charge is 2.30. The van der Waals surface area contributed by atoms with Crippen molar-refractivity contribution in [3.8, 4) is 17.2 Å². The van der Waals surface area contributed by atoms with E-state index in [0.29, 0.717) is 40.1 Å². The van der Waals surface area contributed by atoms with Crippen molar-refractivity contribution in [3.63, 3.8) is 0 Å². The molecule has 1 N–H and O–H groups in total. The Morgan fingerprint density at radius 3 is 2.43 bits per heavy atom. The number of carbonyl (C=O) groups excluding carboxylic acids is 1. The number of carbonyl (C=O) groups is 1. The number of ether oxygens (including phenoxy) is 3. The first-order valence-corrected chi connectivity index (χ1v) is 7.75. The van der Waals surface area contributed by atoms with Crippen molar-refractivity contribution in [1.29, 1.82) is 0 Å². The molecule has 0 saturated heterocycles. The minimum absolute atomic E-state index is 0.182. The standard InChI is InChI=1S/C15H20BrNO4/c1-19-12-7-6-10(13(20-2)14(12)21-3)15(18)17-8-11(16)9-4-5-9/h6-7,9,11H,4-5,8H2,1-3H3,(H,17,18). The van der Waals surface area contributed by atoms with Crippen LogP contribution in [0, 0.1) is 5.92 Å². The molecule has 1 aromatic rings. The average molecular weight is 358 g/mol. The topological polar surface area (TPSA) is 56.8 Å². The van der Waals surface area contributed by atoms with Gasteiger partial charge in [0.25, 0.3) is 5.91 Å². The van der Waals surface area contributed by atoms with E-state index in [0.717, 1.165) is 0 Å². The number of hydrogen-bond acceptors (Lipinski definition) is 4. The maximum Gasteiger partial charge on any atom is 0.255 e. The lowest BCUT2D eigenvalue weighted by atomic mass is 10.1. The maximum absolute atomic E-state index is 12.3. The molecule has 5 nitrogen and oxygen atoms in total. The van der Waals surface area contributed by atoms with E-state index >= 15 is 0 Å². The van der Waals surface area contributed by atoms with Gasteiger partial charge in [-0.1, -0.05) is 15.9 Å². The highest BCUT2D eigenvalue weighted by atomic mass is 79.9. The summed E-state index contributed by atoms with van der Waals surface area (Å²) in [6, 6.07) is 3.37. The number of amides is 1. The number of nitrogens with one attached hydrogen (secondary N) is 1. The molecule has 1 aromatic carbocycles. The van der Waals surface area contributed by atoms with Gasteiger partial charge in [0, 0.05) is 11.4 Å². The molecule has 1 atom stereocenters. The summed E-state index contributed by atoms with van der Waals surface area (Å²) in [6.45, 7) is 0.598. The number of hydrogen-bond donors (Lipinski definition) is 1. The van der Waals surface area contributed by atoms with Gasteiger partial charge in [-0.15, -0.1) is 0 Å². The van der Waals surface area contributed by atoms with Gasteiger partial charge in [0.2, 0.25) is 5.75 Å². The van der Waals surface area contributed by atoms with Gasteiger partial charge < -0.3 is 19.5 Å². The normalized spacial score (nSPS) is 15.2. The summed E-state index contributed by atoms with van der Waals surface area (Å²) in [5, 5.41) is 2.92. The predicted octanol–water partition coefficient (Wildman–Crippen LogP) is 2.62.